The number of hydrogen-bond acceptors (Lipinski definition) is 8. The molecule has 0 bridgehead atoms. The molecule has 0 atom stereocenters. The Balaban J connectivity index is 1.01. The molecule has 5 aromatic heterocycles. The van der Waals surface area contributed by atoms with Crippen molar-refractivity contribution in [3.05, 3.63) is 237 Å². The Morgan fingerprint density at radius 1 is 0.307 bits per heavy atom. The highest BCUT2D eigenvalue weighted by atomic mass is 16.3. The van der Waals surface area contributed by atoms with Gasteiger partial charge in [-0.2, -0.15) is 9.97 Å². The molecule has 350 valence electrons. The van der Waals surface area contributed by atoms with Crippen LogP contribution in [0.5, 0.6) is 0 Å². The molecule has 0 aliphatic rings. The van der Waals surface area contributed by atoms with Crippen molar-refractivity contribution in [2.45, 2.75) is 0 Å². The topological polar surface area (TPSA) is 113 Å². The Labute approximate surface area is 428 Å². The van der Waals surface area contributed by atoms with Crippen LogP contribution in [0.25, 0.3) is 146 Å². The first-order valence-electron chi connectivity index (χ1n) is 24.8. The smallest absolute Gasteiger partial charge is 0.238 e. The molecule has 15 rings (SSSR count). The summed E-state index contributed by atoms with van der Waals surface area (Å²) in [6.45, 7) is 0. The molecule has 15 aromatic rings. The van der Waals surface area contributed by atoms with Crippen molar-refractivity contribution in [1.29, 1.82) is 0 Å². The average Bonchev–Trinajstić information content (AvgIpc) is 4.26. The maximum atomic E-state index is 6.98. The van der Waals surface area contributed by atoms with Gasteiger partial charge in [-0.3, -0.25) is 9.13 Å². The van der Waals surface area contributed by atoms with Crippen LogP contribution in [0.4, 0.5) is 0 Å². The number of furan rings is 1. The summed E-state index contributed by atoms with van der Waals surface area (Å²) in [4.78, 5) is 36.3. The number of fused-ring (bicyclic) bond motifs is 10. The SMILES string of the molecule is c1ccc(-c2nc(-c3ccccc3)nc(-c3ccc(-n4c(-c5ccccc5)nc5ccc6c(ccc7c6c6ccccc6n7-c6nc(-c7ccccc7)nc(-c7ccccc7)n6)c54)c4c3oc3ccccc34)n2)cc1. The lowest BCUT2D eigenvalue weighted by molar-refractivity contribution is 0.669. The molecule has 75 heavy (non-hydrogen) atoms. The molecule has 10 heteroatoms. The second-order valence-electron chi connectivity index (χ2n) is 18.5. The molecular formula is C65H39N9O. The van der Waals surface area contributed by atoms with Crippen LogP contribution in [-0.4, -0.2) is 44.0 Å². The van der Waals surface area contributed by atoms with Crippen LogP contribution in [-0.2, 0) is 0 Å². The first kappa shape index (κ1) is 42.3. The number of para-hydroxylation sites is 2. The van der Waals surface area contributed by atoms with Gasteiger partial charge in [0.05, 0.1) is 38.7 Å². The van der Waals surface area contributed by atoms with Gasteiger partial charge in [-0.1, -0.05) is 200 Å². The molecule has 0 saturated heterocycles. The van der Waals surface area contributed by atoms with Gasteiger partial charge < -0.3 is 4.42 Å². The van der Waals surface area contributed by atoms with Gasteiger partial charge in [0, 0.05) is 49.4 Å². The number of nitrogens with zero attached hydrogens (tertiary/aromatic N) is 9. The molecule has 0 aliphatic carbocycles. The summed E-state index contributed by atoms with van der Waals surface area (Å²) in [5, 5.41) is 6.12. The normalized spacial score (nSPS) is 11.7. The number of aromatic nitrogens is 9. The minimum absolute atomic E-state index is 0.506. The molecule has 0 saturated carbocycles. The van der Waals surface area contributed by atoms with Crippen LogP contribution in [0, 0.1) is 0 Å². The average molecular weight is 962 g/mol. The van der Waals surface area contributed by atoms with Gasteiger partial charge in [-0.25, -0.2) is 24.9 Å². The lowest BCUT2D eigenvalue weighted by Crippen LogP contribution is -2.06. The number of imidazole rings is 1. The monoisotopic (exact) mass is 961 g/mol. The fourth-order valence-corrected chi connectivity index (χ4v) is 10.7. The molecule has 0 radical (unpaired) electrons. The highest BCUT2D eigenvalue weighted by Crippen LogP contribution is 2.45. The minimum Gasteiger partial charge on any atom is -0.455 e. The van der Waals surface area contributed by atoms with Gasteiger partial charge in [0.2, 0.25) is 5.95 Å². The molecular weight excluding hydrogens is 923 g/mol. The molecule has 10 aromatic carbocycles. The zero-order valence-corrected chi connectivity index (χ0v) is 39.9. The standard InChI is InChI=1S/C65H39N9O/c1-6-20-40(21-7-1)59-67-60(41-22-8-2-9-23-41)70-63(69-59)49-36-39-53(56-48-31-17-19-33-54(48)75-58(49)56)74-57-46-35-38-52-55(45(46)34-37-50(57)66-64(74)44-28-14-5-15-29-44)47-30-16-18-32-51(47)73(52)65-71-61(42-24-10-3-11-25-42)68-62(72-65)43-26-12-4-13-27-43/h1-39H. The van der Waals surface area contributed by atoms with E-state index in [-0.39, 0.29) is 0 Å². The van der Waals surface area contributed by atoms with Crippen molar-refractivity contribution in [2.24, 2.45) is 0 Å². The highest BCUT2D eigenvalue weighted by Gasteiger charge is 2.26. The van der Waals surface area contributed by atoms with Gasteiger partial charge in [0.25, 0.3) is 0 Å². The van der Waals surface area contributed by atoms with Gasteiger partial charge in [-0.15, -0.1) is 0 Å². The third-order valence-electron chi connectivity index (χ3n) is 14.1. The van der Waals surface area contributed by atoms with Crippen molar-refractivity contribution in [1.82, 2.24) is 44.0 Å². The van der Waals surface area contributed by atoms with E-state index in [0.717, 1.165) is 105 Å². The van der Waals surface area contributed by atoms with Gasteiger partial charge >= 0.3 is 0 Å². The van der Waals surface area contributed by atoms with E-state index in [1.807, 2.05) is 140 Å². The first-order chi connectivity index (χ1) is 37.2. The van der Waals surface area contributed by atoms with E-state index in [1.165, 1.54) is 0 Å². The Morgan fingerprint density at radius 3 is 1.40 bits per heavy atom. The van der Waals surface area contributed by atoms with Crippen molar-refractivity contribution >= 4 is 65.6 Å². The van der Waals surface area contributed by atoms with Crippen LogP contribution < -0.4 is 0 Å². The van der Waals surface area contributed by atoms with E-state index < -0.39 is 0 Å². The van der Waals surface area contributed by atoms with Gasteiger partial charge in [0.1, 0.15) is 17.0 Å². The Bertz CT molecular complexity index is 4570. The Hall–Kier alpha value is -10.5. The van der Waals surface area contributed by atoms with Crippen LogP contribution in [0.1, 0.15) is 0 Å². The predicted octanol–water partition coefficient (Wildman–Crippen LogP) is 15.5. The Morgan fingerprint density at radius 2 is 0.800 bits per heavy atom. The summed E-state index contributed by atoms with van der Waals surface area (Å²) in [7, 11) is 0. The number of rotatable bonds is 8. The molecule has 0 N–H and O–H groups in total. The van der Waals surface area contributed by atoms with E-state index in [0.29, 0.717) is 40.7 Å². The van der Waals surface area contributed by atoms with Crippen LogP contribution in [0.2, 0.25) is 0 Å². The fraction of sp³-hybridized carbons (Fsp3) is 0. The largest absolute Gasteiger partial charge is 0.455 e. The molecule has 0 unspecified atom stereocenters. The summed E-state index contributed by atoms with van der Waals surface area (Å²) in [6.07, 6.45) is 0. The summed E-state index contributed by atoms with van der Waals surface area (Å²) in [5.74, 6) is 4.17. The zero-order chi connectivity index (χ0) is 49.4. The van der Waals surface area contributed by atoms with E-state index in [2.05, 4.69) is 106 Å². The fourth-order valence-electron chi connectivity index (χ4n) is 10.7. The molecule has 5 heterocycles. The van der Waals surface area contributed by atoms with E-state index in [4.69, 9.17) is 39.3 Å². The van der Waals surface area contributed by atoms with Gasteiger partial charge in [0.15, 0.2) is 29.1 Å². The summed E-state index contributed by atoms with van der Waals surface area (Å²) in [6, 6.07) is 80.4. The van der Waals surface area contributed by atoms with Crippen molar-refractivity contribution in [3.8, 4) is 80.0 Å². The number of benzene rings is 10. The molecule has 0 spiro atoms. The Kier molecular flexibility index (Phi) is 9.64. The van der Waals surface area contributed by atoms with E-state index in [1.54, 1.807) is 0 Å². The van der Waals surface area contributed by atoms with Crippen molar-refractivity contribution in [3.63, 3.8) is 0 Å². The third-order valence-corrected chi connectivity index (χ3v) is 14.1. The molecule has 0 amide bonds. The van der Waals surface area contributed by atoms with Crippen LogP contribution in [0.15, 0.2) is 241 Å². The maximum absolute atomic E-state index is 6.98. The maximum Gasteiger partial charge on any atom is 0.238 e. The highest BCUT2D eigenvalue weighted by molar-refractivity contribution is 6.25. The summed E-state index contributed by atoms with van der Waals surface area (Å²) >= 11 is 0. The second-order valence-corrected chi connectivity index (χ2v) is 18.5. The quantitative estimate of drug-likeness (QED) is 0.148. The molecule has 0 aliphatic heterocycles. The minimum atomic E-state index is 0.506. The lowest BCUT2D eigenvalue weighted by Gasteiger charge is -2.15. The van der Waals surface area contributed by atoms with Crippen molar-refractivity contribution in [2.75, 3.05) is 0 Å². The lowest BCUT2D eigenvalue weighted by atomic mass is 10.0. The second kappa shape index (κ2) is 17.1. The molecule has 0 fully saturated rings. The number of hydrogen-bond donors (Lipinski definition) is 0. The van der Waals surface area contributed by atoms with E-state index in [9.17, 15) is 0 Å². The van der Waals surface area contributed by atoms with Crippen LogP contribution in [0.3, 0.4) is 0 Å². The summed E-state index contributed by atoms with van der Waals surface area (Å²) in [5.41, 5.74) is 11.4. The first-order valence-corrected chi connectivity index (χ1v) is 24.8. The zero-order valence-electron chi connectivity index (χ0n) is 39.9. The van der Waals surface area contributed by atoms with Gasteiger partial charge in [-0.05, 0) is 41.8 Å². The van der Waals surface area contributed by atoms with Crippen molar-refractivity contribution < 1.29 is 4.42 Å². The molecule has 10 nitrogen and oxygen atoms in total. The predicted molar refractivity (Wildman–Crippen MR) is 300 cm³/mol. The van der Waals surface area contributed by atoms with Crippen LogP contribution >= 0.6 is 0 Å². The summed E-state index contributed by atoms with van der Waals surface area (Å²) < 4.78 is 11.5. The van der Waals surface area contributed by atoms with E-state index >= 15 is 0 Å². The third kappa shape index (κ3) is 6.92.